The highest BCUT2D eigenvalue weighted by Crippen LogP contribution is 2.29. The molecule has 0 atom stereocenters. The number of carboxylic acids is 1. The molecular weight excluding hydrogens is 480 g/mol. The number of amides is 2. The summed E-state index contributed by atoms with van der Waals surface area (Å²) in [6.45, 7) is 1.68. The first-order valence-corrected chi connectivity index (χ1v) is 12.1. The summed E-state index contributed by atoms with van der Waals surface area (Å²) in [6.07, 6.45) is -0.600. The zero-order valence-corrected chi connectivity index (χ0v) is 20.6. The van der Waals surface area contributed by atoms with Crippen LogP contribution in [0.1, 0.15) is 12.0 Å². The normalized spacial score (nSPS) is 10.9. The lowest BCUT2D eigenvalue weighted by Gasteiger charge is -2.13. The van der Waals surface area contributed by atoms with Gasteiger partial charge in [0.1, 0.15) is 13.2 Å². The summed E-state index contributed by atoms with van der Waals surface area (Å²) >= 11 is 0. The van der Waals surface area contributed by atoms with Gasteiger partial charge in [0.15, 0.2) is 0 Å². The fourth-order valence-corrected chi connectivity index (χ4v) is 3.64. The van der Waals surface area contributed by atoms with Gasteiger partial charge in [-0.25, -0.2) is 4.79 Å². The van der Waals surface area contributed by atoms with Crippen molar-refractivity contribution in [2.75, 3.05) is 52.7 Å². The van der Waals surface area contributed by atoms with Crippen LogP contribution in [-0.2, 0) is 35.1 Å². The summed E-state index contributed by atoms with van der Waals surface area (Å²) in [6, 6.07) is 18.2. The van der Waals surface area contributed by atoms with Gasteiger partial charge in [-0.3, -0.25) is 9.59 Å². The molecule has 37 heavy (non-hydrogen) atoms. The Kier molecular flexibility index (Phi) is 11.6. The third kappa shape index (κ3) is 9.68. The predicted octanol–water partition coefficient (Wildman–Crippen LogP) is 2.86. The minimum atomic E-state index is -0.930. The Labute approximate surface area is 214 Å². The molecule has 3 rings (SSSR count). The lowest BCUT2D eigenvalue weighted by molar-refractivity contribution is -0.138. The van der Waals surface area contributed by atoms with Gasteiger partial charge in [-0.2, -0.15) is 0 Å². The maximum absolute atomic E-state index is 12.2. The van der Waals surface area contributed by atoms with E-state index in [1.807, 2.05) is 48.5 Å². The van der Waals surface area contributed by atoms with Crippen molar-refractivity contribution in [2.45, 2.75) is 13.0 Å². The first-order chi connectivity index (χ1) is 18.0. The Hall–Kier alpha value is -3.73. The van der Waals surface area contributed by atoms with Crippen LogP contribution < -0.4 is 10.6 Å². The Morgan fingerprint density at radius 2 is 1.32 bits per heavy atom. The molecule has 2 amide bonds. The lowest BCUT2D eigenvalue weighted by Crippen LogP contribution is -2.31. The van der Waals surface area contributed by atoms with Crippen molar-refractivity contribution in [1.82, 2.24) is 10.6 Å². The molecule has 0 fully saturated rings. The van der Waals surface area contributed by atoms with Gasteiger partial charge in [0.2, 0.25) is 5.91 Å². The van der Waals surface area contributed by atoms with E-state index in [4.69, 9.17) is 24.1 Å². The molecule has 3 N–H and O–H groups in total. The van der Waals surface area contributed by atoms with E-state index in [-0.39, 0.29) is 71.7 Å². The predicted molar refractivity (Wildman–Crippen MR) is 137 cm³/mol. The molecule has 10 nitrogen and oxygen atoms in total. The van der Waals surface area contributed by atoms with Gasteiger partial charge < -0.3 is 34.7 Å². The number of carboxylic acid groups (broad SMARTS) is 1. The maximum Gasteiger partial charge on any atom is 0.407 e. The molecule has 0 radical (unpaired) electrons. The van der Waals surface area contributed by atoms with E-state index in [0.29, 0.717) is 0 Å². The van der Waals surface area contributed by atoms with Crippen LogP contribution in [0.3, 0.4) is 0 Å². The Balaban J connectivity index is 1.25. The van der Waals surface area contributed by atoms with Gasteiger partial charge in [-0.15, -0.1) is 0 Å². The minimum Gasteiger partial charge on any atom is -0.481 e. The van der Waals surface area contributed by atoms with E-state index in [1.165, 1.54) is 0 Å². The lowest BCUT2D eigenvalue weighted by atomic mass is 9.97. The zero-order chi connectivity index (χ0) is 26.3. The number of rotatable bonds is 16. The fourth-order valence-electron chi connectivity index (χ4n) is 3.64. The average Bonchev–Trinajstić information content (AvgIpc) is 2.89. The SMILES string of the molecule is O=C(O)CCOCCNC(=O)COCCOCCNC(=O)OCc1c2ccccc2cc2ccccc12. The molecule has 0 aliphatic carbocycles. The molecule has 0 bridgehead atoms. The van der Waals surface area contributed by atoms with Crippen LogP contribution in [0, 0.1) is 0 Å². The first-order valence-electron chi connectivity index (χ1n) is 12.1. The Morgan fingerprint density at radius 1 is 0.730 bits per heavy atom. The second-order valence-electron chi connectivity index (χ2n) is 8.07. The molecule has 0 saturated heterocycles. The van der Waals surface area contributed by atoms with Gasteiger partial charge in [0.25, 0.3) is 0 Å². The third-order valence-electron chi connectivity index (χ3n) is 5.38. The molecule has 3 aromatic carbocycles. The van der Waals surface area contributed by atoms with Crippen LogP contribution in [0.4, 0.5) is 4.79 Å². The number of nitrogens with one attached hydrogen (secondary N) is 2. The second-order valence-corrected chi connectivity index (χ2v) is 8.07. The number of ether oxygens (including phenoxy) is 4. The van der Waals surface area contributed by atoms with E-state index in [1.54, 1.807) is 0 Å². The average molecular weight is 513 g/mol. The van der Waals surface area contributed by atoms with Crippen molar-refractivity contribution < 1.29 is 38.4 Å². The van der Waals surface area contributed by atoms with Gasteiger partial charge in [-0.1, -0.05) is 48.5 Å². The van der Waals surface area contributed by atoms with Gasteiger partial charge in [0, 0.05) is 18.7 Å². The molecule has 3 aromatic rings. The molecule has 0 saturated carbocycles. The number of carbonyl (C=O) groups excluding carboxylic acids is 2. The maximum atomic E-state index is 12.2. The largest absolute Gasteiger partial charge is 0.481 e. The molecule has 10 heteroatoms. The smallest absolute Gasteiger partial charge is 0.407 e. The van der Waals surface area contributed by atoms with Crippen molar-refractivity contribution >= 4 is 39.5 Å². The summed E-state index contributed by atoms with van der Waals surface area (Å²) in [7, 11) is 0. The third-order valence-corrected chi connectivity index (χ3v) is 5.38. The topological polar surface area (TPSA) is 132 Å². The molecular formula is C27H32N2O8. The number of hydrogen-bond donors (Lipinski definition) is 3. The number of carbonyl (C=O) groups is 3. The quantitative estimate of drug-likeness (QED) is 0.197. The summed E-state index contributed by atoms with van der Waals surface area (Å²) in [5, 5.41) is 18.0. The van der Waals surface area contributed by atoms with E-state index < -0.39 is 12.1 Å². The monoisotopic (exact) mass is 512 g/mol. The highest BCUT2D eigenvalue weighted by atomic mass is 16.6. The molecule has 0 aliphatic heterocycles. The second kappa shape index (κ2) is 15.4. The highest BCUT2D eigenvalue weighted by Gasteiger charge is 2.10. The van der Waals surface area contributed by atoms with Gasteiger partial charge in [-0.05, 0) is 27.6 Å². The van der Waals surface area contributed by atoms with Gasteiger partial charge in [0.05, 0.1) is 39.5 Å². The number of benzene rings is 3. The van der Waals surface area contributed by atoms with Crippen LogP contribution in [-0.4, -0.2) is 75.8 Å². The van der Waals surface area contributed by atoms with Crippen molar-refractivity contribution in [2.24, 2.45) is 0 Å². The number of hydrogen-bond acceptors (Lipinski definition) is 7. The molecule has 0 aromatic heterocycles. The molecule has 0 aliphatic rings. The molecule has 198 valence electrons. The molecule has 0 heterocycles. The van der Waals surface area contributed by atoms with E-state index in [0.717, 1.165) is 27.1 Å². The van der Waals surface area contributed by atoms with Crippen LogP contribution in [0.25, 0.3) is 21.5 Å². The standard InChI is InChI=1S/C27H32N2O8/c30-25(28-10-13-34-12-9-26(31)32)19-36-16-15-35-14-11-29-27(33)37-18-24-22-7-3-1-5-20(22)17-21-6-2-4-8-23(21)24/h1-8,17H,9-16,18-19H2,(H,28,30)(H,29,33)(H,31,32). The summed E-state index contributed by atoms with van der Waals surface area (Å²) in [5.74, 6) is -1.23. The van der Waals surface area contributed by atoms with Crippen molar-refractivity contribution in [3.05, 3.63) is 60.2 Å². The number of alkyl carbamates (subject to hydrolysis) is 1. The zero-order valence-electron chi connectivity index (χ0n) is 20.6. The fraction of sp³-hybridized carbons (Fsp3) is 0.370. The molecule has 0 spiro atoms. The summed E-state index contributed by atoms with van der Waals surface area (Å²) in [4.78, 5) is 34.1. The van der Waals surface area contributed by atoms with Crippen LogP contribution in [0.2, 0.25) is 0 Å². The van der Waals surface area contributed by atoms with Crippen molar-refractivity contribution in [3.63, 3.8) is 0 Å². The van der Waals surface area contributed by atoms with Crippen molar-refractivity contribution in [1.29, 1.82) is 0 Å². The highest BCUT2D eigenvalue weighted by molar-refractivity contribution is 6.02. The van der Waals surface area contributed by atoms with E-state index in [2.05, 4.69) is 16.7 Å². The van der Waals surface area contributed by atoms with Gasteiger partial charge >= 0.3 is 12.1 Å². The van der Waals surface area contributed by atoms with E-state index in [9.17, 15) is 14.4 Å². The Morgan fingerprint density at radius 3 is 2.00 bits per heavy atom. The first kappa shape index (κ1) is 27.9. The van der Waals surface area contributed by atoms with Crippen LogP contribution in [0.5, 0.6) is 0 Å². The summed E-state index contributed by atoms with van der Waals surface area (Å²) < 4.78 is 21.2. The number of aliphatic carboxylic acids is 1. The van der Waals surface area contributed by atoms with E-state index >= 15 is 0 Å². The van der Waals surface area contributed by atoms with Crippen LogP contribution in [0.15, 0.2) is 54.6 Å². The Bertz CT molecular complexity index is 1130. The minimum absolute atomic E-state index is 0.0731. The van der Waals surface area contributed by atoms with Crippen molar-refractivity contribution in [3.8, 4) is 0 Å². The summed E-state index contributed by atoms with van der Waals surface area (Å²) in [5.41, 5.74) is 0.965. The number of fused-ring (bicyclic) bond motifs is 2. The molecule has 0 unspecified atom stereocenters. The van der Waals surface area contributed by atoms with Crippen LogP contribution >= 0.6 is 0 Å².